The van der Waals surface area contributed by atoms with E-state index in [0.717, 1.165) is 29.8 Å². The number of likely N-dealkylation sites (tertiary alicyclic amines) is 1. The number of carbonyl (C=O) groups is 1. The Balaban J connectivity index is 1.40. The number of hydrogen-bond acceptors (Lipinski definition) is 5. The first-order chi connectivity index (χ1) is 13.3. The molecule has 7 heteroatoms. The van der Waals surface area contributed by atoms with Crippen molar-refractivity contribution in [1.82, 2.24) is 24.5 Å². The van der Waals surface area contributed by atoms with Crippen LogP contribution in [-0.2, 0) is 4.79 Å². The second kappa shape index (κ2) is 6.35. The highest BCUT2D eigenvalue weighted by molar-refractivity contribution is 5.92. The molecule has 0 N–H and O–H groups in total. The molecule has 1 amide bonds. The smallest absolute Gasteiger partial charge is 0.247 e. The molecule has 1 saturated heterocycles. The molecule has 134 valence electrons. The zero-order chi connectivity index (χ0) is 18.2. The highest BCUT2D eigenvalue weighted by Gasteiger charge is 2.32. The van der Waals surface area contributed by atoms with Crippen LogP contribution in [0.3, 0.4) is 0 Å². The predicted octanol–water partition coefficient (Wildman–Crippen LogP) is 3.25. The third kappa shape index (κ3) is 2.77. The van der Waals surface area contributed by atoms with Crippen LogP contribution in [0.4, 0.5) is 0 Å². The van der Waals surface area contributed by atoms with Crippen molar-refractivity contribution in [3.05, 3.63) is 66.5 Å². The van der Waals surface area contributed by atoms with Gasteiger partial charge in [0.15, 0.2) is 17.1 Å². The normalized spacial score (nSPS) is 17.5. The van der Waals surface area contributed by atoms with Crippen LogP contribution in [0.1, 0.15) is 30.6 Å². The summed E-state index contributed by atoms with van der Waals surface area (Å²) in [5.74, 6) is 1.15. The Hall–Kier alpha value is -3.48. The number of benzene rings is 1. The predicted molar refractivity (Wildman–Crippen MR) is 99.7 cm³/mol. The Morgan fingerprint density at radius 2 is 2.04 bits per heavy atom. The van der Waals surface area contributed by atoms with Gasteiger partial charge in [-0.05, 0) is 37.1 Å². The Kier molecular flexibility index (Phi) is 3.71. The molecule has 5 rings (SSSR count). The van der Waals surface area contributed by atoms with Crippen LogP contribution in [-0.4, -0.2) is 36.9 Å². The van der Waals surface area contributed by atoms with Crippen LogP contribution in [0.5, 0.6) is 0 Å². The monoisotopic (exact) mass is 359 g/mol. The Labute approximate surface area is 154 Å². The van der Waals surface area contributed by atoms with Gasteiger partial charge in [-0.15, -0.1) is 10.2 Å². The molecule has 1 unspecified atom stereocenters. The van der Waals surface area contributed by atoms with E-state index in [0.29, 0.717) is 18.0 Å². The first-order valence-electron chi connectivity index (χ1n) is 8.93. The van der Waals surface area contributed by atoms with Crippen molar-refractivity contribution in [2.24, 2.45) is 0 Å². The summed E-state index contributed by atoms with van der Waals surface area (Å²) in [6.07, 6.45) is 6.89. The molecule has 4 heterocycles. The van der Waals surface area contributed by atoms with Crippen molar-refractivity contribution in [3.63, 3.8) is 0 Å². The minimum absolute atomic E-state index is 0.0764. The third-order valence-electron chi connectivity index (χ3n) is 4.85. The van der Waals surface area contributed by atoms with Gasteiger partial charge in [-0.2, -0.15) is 0 Å². The summed E-state index contributed by atoms with van der Waals surface area (Å²) >= 11 is 0. The molecule has 0 radical (unpaired) electrons. The average Bonchev–Trinajstić information content (AvgIpc) is 3.42. The van der Waals surface area contributed by atoms with E-state index >= 15 is 0 Å². The fourth-order valence-corrected chi connectivity index (χ4v) is 3.59. The summed E-state index contributed by atoms with van der Waals surface area (Å²) in [6.45, 7) is 0.698. The van der Waals surface area contributed by atoms with E-state index in [1.165, 1.54) is 6.08 Å². The number of para-hydroxylation sites is 2. The number of aromatic nitrogens is 4. The first-order valence-corrected chi connectivity index (χ1v) is 8.93. The molecule has 27 heavy (non-hydrogen) atoms. The van der Waals surface area contributed by atoms with E-state index in [9.17, 15) is 4.79 Å². The van der Waals surface area contributed by atoms with Crippen molar-refractivity contribution in [2.75, 3.05) is 6.54 Å². The Morgan fingerprint density at radius 3 is 2.96 bits per heavy atom. The molecule has 1 aliphatic heterocycles. The van der Waals surface area contributed by atoms with E-state index in [1.54, 1.807) is 6.08 Å². The van der Waals surface area contributed by atoms with Gasteiger partial charge >= 0.3 is 0 Å². The summed E-state index contributed by atoms with van der Waals surface area (Å²) in [6, 6.07) is 13.2. The fraction of sp³-hybridized carbons (Fsp3) is 0.200. The zero-order valence-electron chi connectivity index (χ0n) is 14.5. The standard InChI is InChI=1S/C20H17N5O2/c26-19(11-10-18-21-14-6-1-2-8-16(14)27-18)24-13-5-7-15(24)20-23-22-17-9-3-4-12-25(17)20/h1-4,6,8-12,15H,5,7,13H2/b11-10+. The van der Waals surface area contributed by atoms with Gasteiger partial charge in [0.25, 0.3) is 0 Å². The van der Waals surface area contributed by atoms with Gasteiger partial charge in [0.2, 0.25) is 11.8 Å². The summed E-state index contributed by atoms with van der Waals surface area (Å²) in [5.41, 5.74) is 2.27. The molecule has 1 atom stereocenters. The first kappa shape index (κ1) is 15.7. The SMILES string of the molecule is O=C(/C=C/c1nc2ccccc2o1)N1CCCC1c1nnc2ccccn12. The molecule has 0 saturated carbocycles. The second-order valence-electron chi connectivity index (χ2n) is 6.53. The molecule has 1 fully saturated rings. The van der Waals surface area contributed by atoms with Crippen LogP contribution >= 0.6 is 0 Å². The van der Waals surface area contributed by atoms with Gasteiger partial charge in [0.05, 0.1) is 6.04 Å². The van der Waals surface area contributed by atoms with Crippen LogP contribution in [0, 0.1) is 0 Å². The molecule has 4 aromatic rings. The van der Waals surface area contributed by atoms with Crippen molar-refractivity contribution in [1.29, 1.82) is 0 Å². The number of amides is 1. The van der Waals surface area contributed by atoms with E-state index in [1.807, 2.05) is 58.0 Å². The number of rotatable bonds is 3. The summed E-state index contributed by atoms with van der Waals surface area (Å²) in [4.78, 5) is 19.0. The van der Waals surface area contributed by atoms with Crippen molar-refractivity contribution in [2.45, 2.75) is 18.9 Å². The van der Waals surface area contributed by atoms with Gasteiger partial charge in [0, 0.05) is 24.9 Å². The van der Waals surface area contributed by atoms with Crippen molar-refractivity contribution >= 4 is 28.7 Å². The summed E-state index contributed by atoms with van der Waals surface area (Å²) in [5, 5.41) is 8.53. The number of fused-ring (bicyclic) bond motifs is 2. The van der Waals surface area contributed by atoms with E-state index < -0.39 is 0 Å². The summed E-state index contributed by atoms with van der Waals surface area (Å²) < 4.78 is 7.59. The number of carbonyl (C=O) groups excluding carboxylic acids is 1. The molecular formula is C20H17N5O2. The molecule has 1 aliphatic rings. The van der Waals surface area contributed by atoms with E-state index in [2.05, 4.69) is 15.2 Å². The highest BCUT2D eigenvalue weighted by atomic mass is 16.3. The van der Waals surface area contributed by atoms with Crippen LogP contribution in [0.2, 0.25) is 0 Å². The lowest BCUT2D eigenvalue weighted by atomic mass is 10.2. The minimum Gasteiger partial charge on any atom is -0.437 e. The quantitative estimate of drug-likeness (QED) is 0.525. The summed E-state index contributed by atoms with van der Waals surface area (Å²) in [7, 11) is 0. The Morgan fingerprint density at radius 1 is 1.15 bits per heavy atom. The van der Waals surface area contributed by atoms with Gasteiger partial charge < -0.3 is 9.32 Å². The van der Waals surface area contributed by atoms with Gasteiger partial charge in [-0.3, -0.25) is 9.20 Å². The maximum atomic E-state index is 12.8. The van der Waals surface area contributed by atoms with Gasteiger partial charge in [0.1, 0.15) is 5.52 Å². The second-order valence-corrected chi connectivity index (χ2v) is 6.53. The van der Waals surface area contributed by atoms with Crippen LogP contribution in [0.15, 0.2) is 59.2 Å². The average molecular weight is 359 g/mol. The van der Waals surface area contributed by atoms with Gasteiger partial charge in [-0.25, -0.2) is 4.98 Å². The molecule has 0 bridgehead atoms. The number of pyridine rings is 1. The number of nitrogens with zero attached hydrogens (tertiary/aromatic N) is 5. The molecule has 7 nitrogen and oxygen atoms in total. The fourth-order valence-electron chi connectivity index (χ4n) is 3.59. The minimum atomic E-state index is -0.0804. The molecular weight excluding hydrogens is 342 g/mol. The van der Waals surface area contributed by atoms with Crippen LogP contribution < -0.4 is 0 Å². The third-order valence-corrected chi connectivity index (χ3v) is 4.85. The van der Waals surface area contributed by atoms with E-state index in [4.69, 9.17) is 4.42 Å². The lowest BCUT2D eigenvalue weighted by Gasteiger charge is -2.21. The maximum absolute atomic E-state index is 12.8. The van der Waals surface area contributed by atoms with Crippen LogP contribution in [0.25, 0.3) is 22.8 Å². The van der Waals surface area contributed by atoms with E-state index in [-0.39, 0.29) is 11.9 Å². The lowest BCUT2D eigenvalue weighted by molar-refractivity contribution is -0.127. The molecule has 3 aromatic heterocycles. The number of hydrogen-bond donors (Lipinski definition) is 0. The highest BCUT2D eigenvalue weighted by Crippen LogP contribution is 2.31. The molecule has 1 aromatic carbocycles. The van der Waals surface area contributed by atoms with Gasteiger partial charge in [-0.1, -0.05) is 18.2 Å². The largest absolute Gasteiger partial charge is 0.437 e. The topological polar surface area (TPSA) is 76.5 Å². The molecule has 0 aliphatic carbocycles. The van der Waals surface area contributed by atoms with Crippen molar-refractivity contribution in [3.8, 4) is 0 Å². The molecule has 0 spiro atoms. The number of oxazole rings is 1. The van der Waals surface area contributed by atoms with Crippen molar-refractivity contribution < 1.29 is 9.21 Å². The lowest BCUT2D eigenvalue weighted by Crippen LogP contribution is -2.30. The Bertz CT molecular complexity index is 1130. The maximum Gasteiger partial charge on any atom is 0.247 e. The zero-order valence-corrected chi connectivity index (χ0v) is 14.5.